The molecule has 3 heteroatoms. The standard InChI is InChI=1S/C22H32O3/c1-4-10-22(24)13-19-18-7-5-14-12-15(25-3)6-8-16(14)17(18)9-11-21(19,2)20(22)23/h6,8,12,17-20,23-24H,4-5,7,9-11,13H2,1-3H3/t17-,18+,19+,20-,21-,22+/m0/s1. The summed E-state index contributed by atoms with van der Waals surface area (Å²) in [6.45, 7) is 4.33. The highest BCUT2D eigenvalue weighted by atomic mass is 16.5. The monoisotopic (exact) mass is 344 g/mol. The molecular formula is C22H32O3. The minimum absolute atomic E-state index is 0.130. The maximum atomic E-state index is 11.1. The summed E-state index contributed by atoms with van der Waals surface area (Å²) in [6.07, 6.45) is 6.21. The van der Waals surface area contributed by atoms with Crippen LogP contribution in [-0.4, -0.2) is 29.0 Å². The number of fused-ring (bicyclic) bond motifs is 5. The fourth-order valence-electron chi connectivity index (χ4n) is 6.54. The summed E-state index contributed by atoms with van der Waals surface area (Å²) in [5, 5.41) is 22.2. The van der Waals surface area contributed by atoms with Crippen molar-refractivity contribution in [1.82, 2.24) is 0 Å². The lowest BCUT2D eigenvalue weighted by Crippen LogP contribution is -2.47. The molecule has 0 spiro atoms. The van der Waals surface area contributed by atoms with Crippen molar-refractivity contribution in [3.05, 3.63) is 29.3 Å². The summed E-state index contributed by atoms with van der Waals surface area (Å²) >= 11 is 0. The molecule has 0 unspecified atom stereocenters. The van der Waals surface area contributed by atoms with Crippen LogP contribution in [0.3, 0.4) is 0 Å². The molecular weight excluding hydrogens is 312 g/mol. The average molecular weight is 344 g/mol. The van der Waals surface area contributed by atoms with Crippen LogP contribution in [0, 0.1) is 17.3 Å². The first kappa shape index (κ1) is 17.4. The van der Waals surface area contributed by atoms with E-state index in [0.29, 0.717) is 24.2 Å². The third kappa shape index (κ3) is 2.46. The van der Waals surface area contributed by atoms with Gasteiger partial charge in [-0.25, -0.2) is 0 Å². The van der Waals surface area contributed by atoms with Crippen LogP contribution in [0.2, 0.25) is 0 Å². The topological polar surface area (TPSA) is 49.7 Å². The zero-order valence-electron chi connectivity index (χ0n) is 15.8. The van der Waals surface area contributed by atoms with E-state index in [1.54, 1.807) is 7.11 Å². The molecule has 4 rings (SSSR count). The van der Waals surface area contributed by atoms with E-state index in [0.717, 1.165) is 37.9 Å². The molecule has 25 heavy (non-hydrogen) atoms. The van der Waals surface area contributed by atoms with Gasteiger partial charge in [-0.1, -0.05) is 26.3 Å². The summed E-state index contributed by atoms with van der Waals surface area (Å²) in [5.41, 5.74) is 1.91. The number of ether oxygens (including phenoxy) is 1. The second-order valence-electron chi connectivity index (χ2n) is 8.98. The van der Waals surface area contributed by atoms with Gasteiger partial charge < -0.3 is 14.9 Å². The first-order valence-electron chi connectivity index (χ1n) is 10.00. The Morgan fingerprint density at radius 3 is 2.80 bits per heavy atom. The summed E-state index contributed by atoms with van der Waals surface area (Å²) in [6, 6.07) is 6.56. The van der Waals surface area contributed by atoms with Gasteiger partial charge in [-0.05, 0) is 85.0 Å². The predicted octanol–water partition coefficient (Wildman–Crippen LogP) is 4.05. The van der Waals surface area contributed by atoms with E-state index >= 15 is 0 Å². The number of aliphatic hydroxyl groups is 2. The zero-order valence-corrected chi connectivity index (χ0v) is 15.8. The molecule has 0 saturated heterocycles. The van der Waals surface area contributed by atoms with Gasteiger partial charge in [0.15, 0.2) is 0 Å². The molecule has 3 aliphatic rings. The van der Waals surface area contributed by atoms with Gasteiger partial charge >= 0.3 is 0 Å². The highest BCUT2D eigenvalue weighted by Gasteiger charge is 2.62. The predicted molar refractivity (Wildman–Crippen MR) is 98.9 cm³/mol. The number of hydrogen-bond donors (Lipinski definition) is 2. The average Bonchev–Trinajstić information content (AvgIpc) is 2.82. The van der Waals surface area contributed by atoms with Crippen molar-refractivity contribution in [3.63, 3.8) is 0 Å². The van der Waals surface area contributed by atoms with E-state index in [2.05, 4.69) is 32.0 Å². The molecule has 0 aromatic heterocycles. The number of benzene rings is 1. The van der Waals surface area contributed by atoms with E-state index < -0.39 is 11.7 Å². The smallest absolute Gasteiger partial charge is 0.119 e. The molecule has 0 amide bonds. The largest absolute Gasteiger partial charge is 0.497 e. The molecule has 3 aliphatic carbocycles. The highest BCUT2D eigenvalue weighted by molar-refractivity contribution is 5.41. The highest BCUT2D eigenvalue weighted by Crippen LogP contribution is 2.63. The molecule has 1 aromatic rings. The lowest BCUT2D eigenvalue weighted by molar-refractivity contribution is -0.103. The number of hydrogen-bond acceptors (Lipinski definition) is 3. The van der Waals surface area contributed by atoms with Crippen molar-refractivity contribution in [3.8, 4) is 5.75 Å². The van der Waals surface area contributed by atoms with Crippen molar-refractivity contribution < 1.29 is 14.9 Å². The van der Waals surface area contributed by atoms with Crippen molar-refractivity contribution in [2.24, 2.45) is 17.3 Å². The number of rotatable bonds is 3. The minimum Gasteiger partial charge on any atom is -0.497 e. The number of aryl methyl sites for hydroxylation is 1. The van der Waals surface area contributed by atoms with Gasteiger partial charge in [-0.3, -0.25) is 0 Å². The second-order valence-corrected chi connectivity index (χ2v) is 8.98. The molecule has 0 radical (unpaired) electrons. The Morgan fingerprint density at radius 1 is 1.28 bits per heavy atom. The number of methoxy groups -OCH3 is 1. The lowest BCUT2D eigenvalue weighted by atomic mass is 9.55. The summed E-state index contributed by atoms with van der Waals surface area (Å²) in [7, 11) is 1.73. The van der Waals surface area contributed by atoms with Crippen LogP contribution in [-0.2, 0) is 6.42 Å². The molecule has 0 aliphatic heterocycles. The van der Waals surface area contributed by atoms with Crippen LogP contribution in [0.25, 0.3) is 0 Å². The molecule has 2 fully saturated rings. The SMILES string of the molecule is CCC[C@@]1(O)C[C@@H]2[C@@H]3CCc4cc(OC)ccc4[C@@H]3CC[C@]2(C)[C@@H]1O. The van der Waals surface area contributed by atoms with Gasteiger partial charge in [-0.2, -0.15) is 0 Å². The molecule has 0 heterocycles. The van der Waals surface area contributed by atoms with Crippen LogP contribution in [0.1, 0.15) is 69.4 Å². The Morgan fingerprint density at radius 2 is 2.08 bits per heavy atom. The molecule has 6 atom stereocenters. The fourth-order valence-corrected chi connectivity index (χ4v) is 6.54. The van der Waals surface area contributed by atoms with Gasteiger partial charge in [-0.15, -0.1) is 0 Å². The maximum absolute atomic E-state index is 11.1. The van der Waals surface area contributed by atoms with E-state index in [-0.39, 0.29) is 5.41 Å². The van der Waals surface area contributed by atoms with Gasteiger partial charge in [0.05, 0.1) is 18.8 Å². The van der Waals surface area contributed by atoms with Crippen LogP contribution in [0.15, 0.2) is 18.2 Å². The van der Waals surface area contributed by atoms with Crippen molar-refractivity contribution >= 4 is 0 Å². The van der Waals surface area contributed by atoms with Crippen LogP contribution in [0.4, 0.5) is 0 Å². The molecule has 2 saturated carbocycles. The van der Waals surface area contributed by atoms with Gasteiger partial charge in [0, 0.05) is 0 Å². The molecule has 3 nitrogen and oxygen atoms in total. The van der Waals surface area contributed by atoms with Crippen molar-refractivity contribution in [1.29, 1.82) is 0 Å². The van der Waals surface area contributed by atoms with E-state index in [1.165, 1.54) is 17.5 Å². The third-order valence-corrected chi connectivity index (χ3v) is 7.76. The third-order valence-electron chi connectivity index (χ3n) is 7.76. The first-order valence-corrected chi connectivity index (χ1v) is 10.00. The minimum atomic E-state index is -0.886. The van der Waals surface area contributed by atoms with E-state index in [1.807, 2.05) is 0 Å². The van der Waals surface area contributed by atoms with Gasteiger partial charge in [0.1, 0.15) is 5.75 Å². The normalized spacial score (nSPS) is 42.4. The van der Waals surface area contributed by atoms with Crippen molar-refractivity contribution in [2.45, 2.75) is 76.4 Å². The Hall–Kier alpha value is -1.06. The fraction of sp³-hybridized carbons (Fsp3) is 0.727. The van der Waals surface area contributed by atoms with E-state index in [4.69, 9.17) is 4.74 Å². The second kappa shape index (κ2) is 5.99. The van der Waals surface area contributed by atoms with E-state index in [9.17, 15) is 10.2 Å². The summed E-state index contributed by atoms with van der Waals surface area (Å²) in [4.78, 5) is 0. The van der Waals surface area contributed by atoms with Crippen LogP contribution >= 0.6 is 0 Å². The number of aliphatic hydroxyl groups excluding tert-OH is 1. The van der Waals surface area contributed by atoms with Crippen LogP contribution in [0.5, 0.6) is 5.75 Å². The quantitative estimate of drug-likeness (QED) is 0.869. The lowest BCUT2D eigenvalue weighted by Gasteiger charge is -2.50. The maximum Gasteiger partial charge on any atom is 0.119 e. The summed E-state index contributed by atoms with van der Waals surface area (Å²) < 4.78 is 5.40. The first-order chi connectivity index (χ1) is 11.9. The van der Waals surface area contributed by atoms with Crippen molar-refractivity contribution in [2.75, 3.05) is 7.11 Å². The Balaban J connectivity index is 1.67. The summed E-state index contributed by atoms with van der Waals surface area (Å²) in [5.74, 6) is 2.53. The molecule has 0 bridgehead atoms. The van der Waals surface area contributed by atoms with Crippen LogP contribution < -0.4 is 4.74 Å². The van der Waals surface area contributed by atoms with Gasteiger partial charge in [0.2, 0.25) is 0 Å². The van der Waals surface area contributed by atoms with Gasteiger partial charge in [0.25, 0.3) is 0 Å². The zero-order chi connectivity index (χ0) is 17.8. The Bertz CT molecular complexity index is 657. The molecule has 138 valence electrons. The molecule has 1 aromatic carbocycles. The Kier molecular flexibility index (Phi) is 4.16. The Labute approximate surface area is 151 Å². The molecule has 2 N–H and O–H groups in total.